The fourth-order valence-corrected chi connectivity index (χ4v) is 1.84. The van der Waals surface area contributed by atoms with Crippen LogP contribution in [0.5, 0.6) is 5.75 Å². The summed E-state index contributed by atoms with van der Waals surface area (Å²) in [5.74, 6) is 0.780. The van der Waals surface area contributed by atoms with Crippen molar-refractivity contribution in [3.05, 3.63) is 29.8 Å². The van der Waals surface area contributed by atoms with E-state index in [1.54, 1.807) is 0 Å². The van der Waals surface area contributed by atoms with Gasteiger partial charge in [0.2, 0.25) is 11.8 Å². The van der Waals surface area contributed by atoms with Gasteiger partial charge < -0.3 is 15.4 Å². The average molecular weight is 292 g/mol. The molecule has 0 spiro atoms. The molecule has 0 radical (unpaired) electrons. The van der Waals surface area contributed by atoms with Crippen LogP contribution in [0.1, 0.15) is 32.3 Å². The van der Waals surface area contributed by atoms with Crippen molar-refractivity contribution in [1.29, 1.82) is 0 Å². The number of carbonyl (C=O) groups excluding carboxylic acids is 2. The Morgan fingerprint density at radius 1 is 1.00 bits per heavy atom. The normalized spacial score (nSPS) is 10.0. The number of nitrogens with one attached hydrogen (secondary N) is 2. The third kappa shape index (κ3) is 7.34. The van der Waals surface area contributed by atoms with Gasteiger partial charge in [-0.1, -0.05) is 19.1 Å². The molecule has 1 aromatic carbocycles. The van der Waals surface area contributed by atoms with Gasteiger partial charge >= 0.3 is 0 Å². The monoisotopic (exact) mass is 292 g/mol. The molecule has 0 heterocycles. The Morgan fingerprint density at radius 3 is 2.19 bits per heavy atom. The van der Waals surface area contributed by atoms with Gasteiger partial charge in [-0.2, -0.15) is 0 Å². The fourth-order valence-electron chi connectivity index (χ4n) is 1.84. The van der Waals surface area contributed by atoms with E-state index in [1.165, 1.54) is 0 Å². The lowest BCUT2D eigenvalue weighted by molar-refractivity contribution is -0.122. The van der Waals surface area contributed by atoms with Gasteiger partial charge in [-0.15, -0.1) is 0 Å². The largest absolute Gasteiger partial charge is 0.494 e. The molecule has 0 aliphatic heterocycles. The van der Waals surface area contributed by atoms with Crippen LogP contribution in [0.25, 0.3) is 0 Å². The van der Waals surface area contributed by atoms with Crippen molar-refractivity contribution in [3.8, 4) is 5.75 Å². The molecule has 116 valence electrons. The Morgan fingerprint density at radius 2 is 1.62 bits per heavy atom. The van der Waals surface area contributed by atoms with E-state index in [-0.39, 0.29) is 11.8 Å². The molecule has 1 aromatic rings. The zero-order valence-electron chi connectivity index (χ0n) is 12.8. The van der Waals surface area contributed by atoms with Gasteiger partial charge in [0.25, 0.3) is 0 Å². The molecular formula is C16H24N2O3. The van der Waals surface area contributed by atoms with Gasteiger partial charge in [-0.3, -0.25) is 9.59 Å². The van der Waals surface area contributed by atoms with Crippen molar-refractivity contribution in [2.24, 2.45) is 0 Å². The van der Waals surface area contributed by atoms with Crippen LogP contribution in [0.15, 0.2) is 24.3 Å². The molecule has 0 aliphatic carbocycles. The van der Waals surface area contributed by atoms with E-state index >= 15 is 0 Å². The van der Waals surface area contributed by atoms with E-state index in [9.17, 15) is 9.59 Å². The first kappa shape index (κ1) is 17.0. The van der Waals surface area contributed by atoms with Crippen LogP contribution >= 0.6 is 0 Å². The number of benzene rings is 1. The van der Waals surface area contributed by atoms with Crippen LogP contribution in [0.3, 0.4) is 0 Å². The lowest BCUT2D eigenvalue weighted by Crippen LogP contribution is -2.35. The molecule has 0 atom stereocenters. The van der Waals surface area contributed by atoms with E-state index in [2.05, 4.69) is 10.6 Å². The van der Waals surface area contributed by atoms with Crippen LogP contribution in [0.4, 0.5) is 0 Å². The van der Waals surface area contributed by atoms with Crippen molar-refractivity contribution >= 4 is 11.8 Å². The second-order valence-corrected chi connectivity index (χ2v) is 4.70. The predicted molar refractivity (Wildman–Crippen MR) is 82.2 cm³/mol. The number of hydrogen-bond donors (Lipinski definition) is 2. The van der Waals surface area contributed by atoms with Gasteiger partial charge in [-0.25, -0.2) is 0 Å². The standard InChI is InChI=1S/C16H24N2O3/c1-3-5-15(19)17-10-11-18-16(20)12-13-6-8-14(9-7-13)21-4-2/h6-9H,3-5,10-12H2,1-2H3,(H,17,19)(H,18,20). The van der Waals surface area contributed by atoms with Crippen LogP contribution in [-0.4, -0.2) is 31.5 Å². The molecule has 2 N–H and O–H groups in total. The van der Waals surface area contributed by atoms with Crippen LogP contribution < -0.4 is 15.4 Å². The quantitative estimate of drug-likeness (QED) is 0.680. The molecule has 0 aromatic heterocycles. The number of ether oxygens (including phenoxy) is 1. The number of carbonyl (C=O) groups is 2. The number of hydrogen-bond acceptors (Lipinski definition) is 3. The molecule has 0 aliphatic rings. The fraction of sp³-hybridized carbons (Fsp3) is 0.500. The summed E-state index contributed by atoms with van der Waals surface area (Å²) in [7, 11) is 0. The lowest BCUT2D eigenvalue weighted by Gasteiger charge is -2.07. The van der Waals surface area contributed by atoms with E-state index in [0.29, 0.717) is 32.5 Å². The molecule has 0 bridgehead atoms. The molecule has 5 heteroatoms. The first-order valence-corrected chi connectivity index (χ1v) is 7.40. The Hall–Kier alpha value is -2.04. The minimum absolute atomic E-state index is 0.0262. The Kier molecular flexibility index (Phi) is 7.94. The second kappa shape index (κ2) is 9.80. The highest BCUT2D eigenvalue weighted by Gasteiger charge is 2.04. The molecular weight excluding hydrogens is 268 g/mol. The summed E-state index contributed by atoms with van der Waals surface area (Å²) in [4.78, 5) is 23.0. The summed E-state index contributed by atoms with van der Waals surface area (Å²) in [6, 6.07) is 7.48. The molecule has 0 saturated carbocycles. The average Bonchev–Trinajstić information content (AvgIpc) is 2.46. The smallest absolute Gasteiger partial charge is 0.224 e. The van der Waals surface area contributed by atoms with Gasteiger partial charge in [-0.05, 0) is 31.0 Å². The van der Waals surface area contributed by atoms with Crippen molar-refractivity contribution in [1.82, 2.24) is 10.6 Å². The highest BCUT2D eigenvalue weighted by atomic mass is 16.5. The van der Waals surface area contributed by atoms with Crippen molar-refractivity contribution < 1.29 is 14.3 Å². The minimum atomic E-state index is -0.0519. The summed E-state index contributed by atoms with van der Waals surface area (Å²) in [6.07, 6.45) is 1.69. The maximum Gasteiger partial charge on any atom is 0.224 e. The van der Waals surface area contributed by atoms with Crippen molar-refractivity contribution in [2.45, 2.75) is 33.1 Å². The van der Waals surface area contributed by atoms with Crippen LogP contribution in [-0.2, 0) is 16.0 Å². The number of rotatable bonds is 9. The second-order valence-electron chi connectivity index (χ2n) is 4.70. The number of amides is 2. The third-order valence-corrected chi connectivity index (χ3v) is 2.85. The summed E-state index contributed by atoms with van der Waals surface area (Å²) in [5, 5.41) is 5.54. The third-order valence-electron chi connectivity index (χ3n) is 2.85. The molecule has 0 unspecified atom stereocenters. The van der Waals surface area contributed by atoms with E-state index < -0.39 is 0 Å². The predicted octanol–water partition coefficient (Wildman–Crippen LogP) is 1.66. The van der Waals surface area contributed by atoms with Crippen molar-refractivity contribution in [2.75, 3.05) is 19.7 Å². The van der Waals surface area contributed by atoms with Gasteiger partial charge in [0.05, 0.1) is 13.0 Å². The summed E-state index contributed by atoms with van der Waals surface area (Å²) in [6.45, 7) is 5.43. The van der Waals surface area contributed by atoms with Gasteiger partial charge in [0, 0.05) is 19.5 Å². The SMILES string of the molecule is CCCC(=O)NCCNC(=O)Cc1ccc(OCC)cc1. The summed E-state index contributed by atoms with van der Waals surface area (Å²) < 4.78 is 5.35. The molecule has 5 nitrogen and oxygen atoms in total. The molecule has 0 fully saturated rings. The Bertz CT molecular complexity index is 443. The highest BCUT2D eigenvalue weighted by Crippen LogP contribution is 2.12. The lowest BCUT2D eigenvalue weighted by atomic mass is 10.1. The van der Waals surface area contributed by atoms with Crippen molar-refractivity contribution in [3.63, 3.8) is 0 Å². The Labute approximate surface area is 126 Å². The topological polar surface area (TPSA) is 67.4 Å². The van der Waals surface area contributed by atoms with E-state index in [4.69, 9.17) is 4.74 Å². The van der Waals surface area contributed by atoms with E-state index in [1.807, 2.05) is 38.1 Å². The van der Waals surface area contributed by atoms with Gasteiger partial charge in [0.15, 0.2) is 0 Å². The maximum atomic E-state index is 11.7. The first-order valence-electron chi connectivity index (χ1n) is 7.40. The van der Waals surface area contributed by atoms with Crippen LogP contribution in [0, 0.1) is 0 Å². The Balaban J connectivity index is 2.22. The maximum absolute atomic E-state index is 11.7. The summed E-state index contributed by atoms with van der Waals surface area (Å²) >= 11 is 0. The van der Waals surface area contributed by atoms with Gasteiger partial charge in [0.1, 0.15) is 5.75 Å². The summed E-state index contributed by atoms with van der Waals surface area (Å²) in [5.41, 5.74) is 0.936. The van der Waals surface area contributed by atoms with Crippen LogP contribution in [0.2, 0.25) is 0 Å². The minimum Gasteiger partial charge on any atom is -0.494 e. The first-order chi connectivity index (χ1) is 10.2. The highest BCUT2D eigenvalue weighted by molar-refractivity contribution is 5.79. The molecule has 1 rings (SSSR count). The zero-order valence-corrected chi connectivity index (χ0v) is 12.8. The molecule has 21 heavy (non-hydrogen) atoms. The molecule has 2 amide bonds. The van der Waals surface area contributed by atoms with E-state index in [0.717, 1.165) is 17.7 Å². The zero-order chi connectivity index (χ0) is 15.5. The molecule has 0 saturated heterocycles.